The van der Waals surface area contributed by atoms with Gasteiger partial charge in [0.05, 0.1) is 0 Å². The maximum Gasteiger partial charge on any atom is 0.408 e. The second-order valence-corrected chi connectivity index (χ2v) is 14.5. The lowest BCUT2D eigenvalue weighted by Crippen LogP contribution is -2.57. The first kappa shape index (κ1) is 35.6. The number of rotatable bonds is 11. The van der Waals surface area contributed by atoms with Crippen LogP contribution < -0.4 is 10.6 Å². The van der Waals surface area contributed by atoms with E-state index in [9.17, 15) is 19.2 Å². The van der Waals surface area contributed by atoms with Crippen molar-refractivity contribution in [1.82, 2.24) is 15.5 Å². The third-order valence-corrected chi connectivity index (χ3v) is 7.18. The second kappa shape index (κ2) is 14.5. The maximum atomic E-state index is 14.5. The molecule has 1 fully saturated rings. The third-order valence-electron chi connectivity index (χ3n) is 7.18. The third kappa shape index (κ3) is 10.9. The number of esters is 1. The van der Waals surface area contributed by atoms with Gasteiger partial charge in [-0.1, -0.05) is 73.5 Å². The van der Waals surface area contributed by atoms with E-state index in [1.165, 1.54) is 0 Å². The number of carbonyl (C=O) groups excluding carboxylic acids is 4. The molecule has 9 heteroatoms. The van der Waals surface area contributed by atoms with Gasteiger partial charge >= 0.3 is 12.1 Å². The minimum absolute atomic E-state index is 0.204. The fraction of sp³-hybridized carbons (Fsp3) is 0.556. The van der Waals surface area contributed by atoms with Crippen LogP contribution in [0.15, 0.2) is 48.5 Å². The lowest BCUT2D eigenvalue weighted by Gasteiger charge is -2.36. The van der Waals surface area contributed by atoms with Gasteiger partial charge in [0.15, 0.2) is 0 Å². The van der Waals surface area contributed by atoms with Gasteiger partial charge in [-0.3, -0.25) is 9.59 Å². The highest BCUT2D eigenvalue weighted by atomic mass is 16.6. The Kier molecular flexibility index (Phi) is 11.5. The molecule has 2 aromatic rings. The van der Waals surface area contributed by atoms with E-state index in [0.717, 1.165) is 29.5 Å². The number of ether oxygens (including phenoxy) is 2. The quantitative estimate of drug-likeness (QED) is 0.300. The first-order chi connectivity index (χ1) is 20.8. The molecule has 246 valence electrons. The molecule has 3 unspecified atom stereocenters. The van der Waals surface area contributed by atoms with Gasteiger partial charge in [0.1, 0.15) is 29.3 Å². The highest BCUT2D eigenvalue weighted by Gasteiger charge is 2.45. The number of hydrogen-bond donors (Lipinski definition) is 2. The van der Waals surface area contributed by atoms with Crippen molar-refractivity contribution in [1.29, 1.82) is 0 Å². The molecule has 2 aromatic carbocycles. The van der Waals surface area contributed by atoms with Crippen LogP contribution in [-0.4, -0.2) is 58.1 Å². The van der Waals surface area contributed by atoms with Crippen LogP contribution in [0.25, 0.3) is 0 Å². The van der Waals surface area contributed by atoms with Gasteiger partial charge in [0.2, 0.25) is 11.8 Å². The molecule has 1 aliphatic rings. The molecule has 0 radical (unpaired) electrons. The van der Waals surface area contributed by atoms with Gasteiger partial charge in [-0.05, 0) is 85.3 Å². The second-order valence-electron chi connectivity index (χ2n) is 14.5. The molecule has 9 nitrogen and oxygen atoms in total. The number of alkyl carbamates (subject to hydrolysis) is 1. The number of aryl methyl sites for hydroxylation is 2. The van der Waals surface area contributed by atoms with Crippen LogP contribution in [0.5, 0.6) is 0 Å². The Morgan fingerprint density at radius 2 is 1.40 bits per heavy atom. The Morgan fingerprint density at radius 3 is 1.89 bits per heavy atom. The average molecular weight is 622 g/mol. The van der Waals surface area contributed by atoms with Crippen LogP contribution in [0.2, 0.25) is 0 Å². The molecule has 2 N–H and O–H groups in total. The summed E-state index contributed by atoms with van der Waals surface area (Å²) < 4.78 is 11.2. The summed E-state index contributed by atoms with van der Waals surface area (Å²) in [6, 6.07) is 12.0. The molecule has 1 aliphatic carbocycles. The Hall–Kier alpha value is -3.88. The van der Waals surface area contributed by atoms with E-state index in [2.05, 4.69) is 10.6 Å². The molecule has 45 heavy (non-hydrogen) atoms. The number of carbonyl (C=O) groups is 4. The predicted octanol–water partition coefficient (Wildman–Crippen LogP) is 5.95. The Labute approximate surface area is 268 Å². The maximum absolute atomic E-state index is 14.5. The van der Waals surface area contributed by atoms with Gasteiger partial charge < -0.3 is 25.0 Å². The average Bonchev–Trinajstić information content (AvgIpc) is 3.72. The van der Waals surface area contributed by atoms with Gasteiger partial charge in [-0.15, -0.1) is 0 Å². The molecule has 0 spiro atoms. The highest BCUT2D eigenvalue weighted by molar-refractivity contribution is 5.94. The molecular formula is C36H51N3O6. The molecule has 0 heterocycles. The smallest absolute Gasteiger partial charge is 0.408 e. The lowest BCUT2D eigenvalue weighted by atomic mass is 9.96. The van der Waals surface area contributed by atoms with E-state index in [-0.39, 0.29) is 24.3 Å². The number of nitrogens with one attached hydrogen (secondary N) is 2. The fourth-order valence-electron chi connectivity index (χ4n) is 5.25. The van der Waals surface area contributed by atoms with Crippen LogP contribution in [0, 0.1) is 19.8 Å². The number of nitrogens with zero attached hydrogens (tertiary/aromatic N) is 1. The lowest BCUT2D eigenvalue weighted by molar-refractivity contribution is -0.159. The van der Waals surface area contributed by atoms with Crippen LogP contribution >= 0.6 is 0 Å². The summed E-state index contributed by atoms with van der Waals surface area (Å²) in [5.41, 5.74) is 1.85. The molecule has 0 aliphatic heterocycles. The first-order valence-electron chi connectivity index (χ1n) is 15.8. The molecule has 0 aromatic heterocycles. The van der Waals surface area contributed by atoms with E-state index < -0.39 is 47.3 Å². The monoisotopic (exact) mass is 621 g/mol. The summed E-state index contributed by atoms with van der Waals surface area (Å²) in [5, 5.41) is 5.73. The van der Waals surface area contributed by atoms with Crippen LogP contribution in [0.4, 0.5) is 4.79 Å². The topological polar surface area (TPSA) is 114 Å². The summed E-state index contributed by atoms with van der Waals surface area (Å²) in [4.78, 5) is 56.8. The molecule has 1 saturated carbocycles. The zero-order valence-corrected chi connectivity index (χ0v) is 28.5. The number of benzene rings is 2. The van der Waals surface area contributed by atoms with Crippen molar-refractivity contribution < 1.29 is 28.7 Å². The van der Waals surface area contributed by atoms with Crippen molar-refractivity contribution in [2.75, 3.05) is 0 Å². The zero-order valence-electron chi connectivity index (χ0n) is 28.5. The van der Waals surface area contributed by atoms with Gasteiger partial charge in [0.25, 0.3) is 0 Å². The van der Waals surface area contributed by atoms with Crippen LogP contribution in [0.1, 0.15) is 96.5 Å². The standard InChI is InChI=1S/C36H51N3O6/c1-22(2)29(38-34(43)45-36(8,9)10)32(41)39(27-16-17-27)30(26-19-23(3)18-24(4)20-26)31(40)37-28(33(42)44-35(5,6)7)21-25-14-12-11-13-15-25/h11-15,18-20,22,27-30H,16-17,21H2,1-10H3,(H,37,40)(H,38,43). The van der Waals surface area contributed by atoms with Gasteiger partial charge in [-0.2, -0.15) is 0 Å². The van der Waals surface area contributed by atoms with Crippen molar-refractivity contribution in [3.63, 3.8) is 0 Å². The van der Waals surface area contributed by atoms with E-state index >= 15 is 0 Å². The van der Waals surface area contributed by atoms with Gasteiger partial charge in [-0.25, -0.2) is 9.59 Å². The van der Waals surface area contributed by atoms with E-state index in [0.29, 0.717) is 5.56 Å². The Bertz CT molecular complexity index is 1330. The summed E-state index contributed by atoms with van der Waals surface area (Å²) >= 11 is 0. The van der Waals surface area contributed by atoms with Crippen LogP contribution in [0.3, 0.4) is 0 Å². The highest BCUT2D eigenvalue weighted by Crippen LogP contribution is 2.37. The molecule has 3 atom stereocenters. The molecule has 3 rings (SSSR count). The minimum Gasteiger partial charge on any atom is -0.458 e. The van der Waals surface area contributed by atoms with E-state index in [1.807, 2.05) is 76.2 Å². The summed E-state index contributed by atoms with van der Waals surface area (Å²) in [5.74, 6) is -1.72. The number of hydrogen-bond acceptors (Lipinski definition) is 6. The van der Waals surface area contributed by atoms with Crippen molar-refractivity contribution >= 4 is 23.9 Å². The van der Waals surface area contributed by atoms with Crippen molar-refractivity contribution in [3.8, 4) is 0 Å². The predicted molar refractivity (Wildman–Crippen MR) is 174 cm³/mol. The van der Waals surface area contributed by atoms with Crippen molar-refractivity contribution in [2.45, 2.75) is 124 Å². The van der Waals surface area contributed by atoms with Crippen molar-refractivity contribution in [2.24, 2.45) is 5.92 Å². The van der Waals surface area contributed by atoms with E-state index in [4.69, 9.17) is 9.47 Å². The Morgan fingerprint density at radius 1 is 0.844 bits per heavy atom. The zero-order chi connectivity index (χ0) is 33.7. The molecule has 3 amide bonds. The van der Waals surface area contributed by atoms with Gasteiger partial charge in [0, 0.05) is 12.5 Å². The summed E-state index contributed by atoms with van der Waals surface area (Å²) in [6.07, 6.45) is 0.951. The summed E-state index contributed by atoms with van der Waals surface area (Å²) in [7, 11) is 0. The fourth-order valence-corrected chi connectivity index (χ4v) is 5.25. The van der Waals surface area contributed by atoms with Crippen LogP contribution in [-0.2, 0) is 30.3 Å². The molecule has 0 saturated heterocycles. The SMILES string of the molecule is Cc1cc(C)cc(C(C(=O)NC(Cc2ccccc2)C(=O)OC(C)(C)C)N(C(=O)C(NC(=O)OC(C)(C)C)C(C)C)C2CC2)c1. The normalized spacial score (nSPS) is 15.4. The number of amides is 3. The largest absolute Gasteiger partial charge is 0.458 e. The molecule has 0 bridgehead atoms. The summed E-state index contributed by atoms with van der Waals surface area (Å²) in [6.45, 7) is 18.2. The Balaban J connectivity index is 2.06. The molecular weight excluding hydrogens is 570 g/mol. The van der Waals surface area contributed by atoms with E-state index in [1.54, 1.807) is 46.4 Å². The van der Waals surface area contributed by atoms with Crippen molar-refractivity contribution in [3.05, 3.63) is 70.8 Å². The minimum atomic E-state index is -1.05. The first-order valence-corrected chi connectivity index (χ1v) is 15.8.